The molecule has 4 heteroatoms. The van der Waals surface area contributed by atoms with Crippen LogP contribution >= 0.6 is 0 Å². The summed E-state index contributed by atoms with van der Waals surface area (Å²) in [4.78, 5) is 13.6. The highest BCUT2D eigenvalue weighted by Gasteiger charge is 2.22. The highest BCUT2D eigenvalue weighted by molar-refractivity contribution is 5.77. The number of rotatable bonds is 4. The van der Waals surface area contributed by atoms with Gasteiger partial charge < -0.3 is 15.4 Å². The number of amides is 1. The van der Waals surface area contributed by atoms with Crippen LogP contribution in [0.15, 0.2) is 0 Å². The van der Waals surface area contributed by atoms with Crippen molar-refractivity contribution in [3.8, 4) is 0 Å². The minimum atomic E-state index is 0.0989. The van der Waals surface area contributed by atoms with E-state index in [0.717, 1.165) is 25.9 Å². The molecular weight excluding hydrogens is 192 g/mol. The lowest BCUT2D eigenvalue weighted by molar-refractivity contribution is -0.139. The molecule has 0 spiro atoms. The summed E-state index contributed by atoms with van der Waals surface area (Å²) in [5, 5.41) is 0. The van der Waals surface area contributed by atoms with Crippen molar-refractivity contribution in [2.24, 2.45) is 11.7 Å². The third-order valence-electron chi connectivity index (χ3n) is 2.75. The average Bonchev–Trinajstić information content (AvgIpc) is 2.26. The van der Waals surface area contributed by atoms with E-state index in [9.17, 15) is 4.79 Å². The number of hydrogen-bond donors (Lipinski definition) is 1. The zero-order valence-electron chi connectivity index (χ0n) is 9.74. The lowest BCUT2D eigenvalue weighted by Gasteiger charge is -2.32. The fourth-order valence-corrected chi connectivity index (χ4v) is 1.81. The number of piperidine rings is 1. The number of nitrogens with zero attached hydrogens (tertiary/aromatic N) is 1. The molecule has 0 aliphatic carbocycles. The van der Waals surface area contributed by atoms with Gasteiger partial charge in [0.1, 0.15) is 6.61 Å². The topological polar surface area (TPSA) is 55.6 Å². The van der Waals surface area contributed by atoms with Crippen molar-refractivity contribution in [3.63, 3.8) is 0 Å². The maximum absolute atomic E-state index is 11.7. The van der Waals surface area contributed by atoms with Crippen LogP contribution in [0, 0.1) is 5.92 Å². The second kappa shape index (κ2) is 6.08. The Bertz CT molecular complexity index is 207. The van der Waals surface area contributed by atoms with Gasteiger partial charge in [-0.2, -0.15) is 0 Å². The minimum Gasteiger partial charge on any atom is -0.369 e. The standard InChI is InChI=1S/C11H22N2O2/c1-9(2)15-8-11(14)13-5-3-4-10(6-12)7-13/h9-10H,3-8,12H2,1-2H3. The number of likely N-dealkylation sites (tertiary alicyclic amines) is 1. The summed E-state index contributed by atoms with van der Waals surface area (Å²) in [5.41, 5.74) is 5.62. The first-order valence-electron chi connectivity index (χ1n) is 5.73. The van der Waals surface area contributed by atoms with Crippen LogP contribution in [-0.4, -0.2) is 43.2 Å². The van der Waals surface area contributed by atoms with E-state index in [2.05, 4.69) is 0 Å². The first-order chi connectivity index (χ1) is 7.13. The van der Waals surface area contributed by atoms with E-state index in [4.69, 9.17) is 10.5 Å². The van der Waals surface area contributed by atoms with Crippen molar-refractivity contribution in [1.29, 1.82) is 0 Å². The van der Waals surface area contributed by atoms with Crippen LogP contribution in [0.3, 0.4) is 0 Å². The molecule has 1 atom stereocenters. The van der Waals surface area contributed by atoms with Crippen molar-refractivity contribution in [1.82, 2.24) is 4.90 Å². The third kappa shape index (κ3) is 4.18. The molecule has 15 heavy (non-hydrogen) atoms. The van der Waals surface area contributed by atoms with Crippen molar-refractivity contribution >= 4 is 5.91 Å². The van der Waals surface area contributed by atoms with E-state index in [1.54, 1.807) is 0 Å². The summed E-state index contributed by atoms with van der Waals surface area (Å²) in [6, 6.07) is 0. The van der Waals surface area contributed by atoms with Gasteiger partial charge in [0, 0.05) is 13.1 Å². The van der Waals surface area contributed by atoms with Crippen molar-refractivity contribution in [2.45, 2.75) is 32.8 Å². The van der Waals surface area contributed by atoms with Crippen LogP contribution in [0.4, 0.5) is 0 Å². The Labute approximate surface area is 91.8 Å². The molecule has 88 valence electrons. The van der Waals surface area contributed by atoms with Gasteiger partial charge in [-0.05, 0) is 39.2 Å². The minimum absolute atomic E-state index is 0.0989. The van der Waals surface area contributed by atoms with Gasteiger partial charge in [-0.25, -0.2) is 0 Å². The van der Waals surface area contributed by atoms with E-state index in [-0.39, 0.29) is 18.6 Å². The number of hydrogen-bond acceptors (Lipinski definition) is 3. The molecule has 0 saturated carbocycles. The largest absolute Gasteiger partial charge is 0.369 e. The zero-order valence-corrected chi connectivity index (χ0v) is 9.74. The Balaban J connectivity index is 2.32. The highest BCUT2D eigenvalue weighted by Crippen LogP contribution is 2.15. The van der Waals surface area contributed by atoms with E-state index in [0.29, 0.717) is 12.5 Å². The Kier molecular flexibility index (Phi) is 5.05. The monoisotopic (exact) mass is 214 g/mol. The molecule has 0 aromatic heterocycles. The second-order valence-corrected chi connectivity index (χ2v) is 4.44. The van der Waals surface area contributed by atoms with E-state index in [1.165, 1.54) is 0 Å². The molecule has 0 aromatic rings. The van der Waals surface area contributed by atoms with Crippen LogP contribution < -0.4 is 5.73 Å². The van der Waals surface area contributed by atoms with Crippen molar-refractivity contribution < 1.29 is 9.53 Å². The molecule has 1 unspecified atom stereocenters. The smallest absolute Gasteiger partial charge is 0.248 e. The Hall–Kier alpha value is -0.610. The Morgan fingerprint density at radius 3 is 2.93 bits per heavy atom. The molecular formula is C11H22N2O2. The molecule has 1 saturated heterocycles. The maximum atomic E-state index is 11.7. The molecule has 1 fully saturated rings. The molecule has 1 rings (SSSR count). The van der Waals surface area contributed by atoms with Gasteiger partial charge in [-0.15, -0.1) is 0 Å². The third-order valence-corrected chi connectivity index (χ3v) is 2.75. The molecule has 0 aromatic carbocycles. The fourth-order valence-electron chi connectivity index (χ4n) is 1.81. The normalized spacial score (nSPS) is 22.1. The second-order valence-electron chi connectivity index (χ2n) is 4.44. The van der Waals surface area contributed by atoms with Gasteiger partial charge in [-0.3, -0.25) is 4.79 Å². The molecule has 1 aliphatic heterocycles. The van der Waals surface area contributed by atoms with E-state index in [1.807, 2.05) is 18.7 Å². The van der Waals surface area contributed by atoms with E-state index < -0.39 is 0 Å². The summed E-state index contributed by atoms with van der Waals surface area (Å²) < 4.78 is 5.30. The number of carbonyl (C=O) groups excluding carboxylic acids is 1. The van der Waals surface area contributed by atoms with E-state index >= 15 is 0 Å². The predicted octanol–water partition coefficient (Wildman–Crippen LogP) is 0.609. The van der Waals surface area contributed by atoms with Crippen LogP contribution in [0.1, 0.15) is 26.7 Å². The summed E-state index contributed by atoms with van der Waals surface area (Å²) in [5.74, 6) is 0.573. The maximum Gasteiger partial charge on any atom is 0.248 e. The van der Waals surface area contributed by atoms with Crippen LogP contribution in [0.25, 0.3) is 0 Å². The van der Waals surface area contributed by atoms with Crippen LogP contribution in [0.5, 0.6) is 0 Å². The average molecular weight is 214 g/mol. The Morgan fingerprint density at radius 2 is 2.33 bits per heavy atom. The highest BCUT2D eigenvalue weighted by atomic mass is 16.5. The summed E-state index contributed by atoms with van der Waals surface area (Å²) in [6.07, 6.45) is 2.32. The molecule has 1 aliphatic rings. The van der Waals surface area contributed by atoms with Crippen molar-refractivity contribution in [3.05, 3.63) is 0 Å². The first kappa shape index (κ1) is 12.5. The van der Waals surface area contributed by atoms with Crippen LogP contribution in [-0.2, 0) is 9.53 Å². The molecule has 1 amide bonds. The quantitative estimate of drug-likeness (QED) is 0.746. The summed E-state index contributed by atoms with van der Waals surface area (Å²) >= 11 is 0. The fraction of sp³-hybridized carbons (Fsp3) is 0.909. The molecule has 4 nitrogen and oxygen atoms in total. The molecule has 2 N–H and O–H groups in total. The lowest BCUT2D eigenvalue weighted by atomic mass is 9.98. The number of nitrogens with two attached hydrogens (primary N) is 1. The number of carbonyl (C=O) groups is 1. The van der Waals surface area contributed by atoms with Gasteiger partial charge >= 0.3 is 0 Å². The molecule has 0 bridgehead atoms. The molecule has 1 heterocycles. The van der Waals surface area contributed by atoms with Crippen molar-refractivity contribution in [2.75, 3.05) is 26.2 Å². The SMILES string of the molecule is CC(C)OCC(=O)N1CCCC(CN)C1. The van der Waals surface area contributed by atoms with Gasteiger partial charge in [0.25, 0.3) is 0 Å². The summed E-state index contributed by atoms with van der Waals surface area (Å²) in [7, 11) is 0. The first-order valence-corrected chi connectivity index (χ1v) is 5.73. The van der Waals surface area contributed by atoms with Gasteiger partial charge in [0.2, 0.25) is 5.91 Å². The number of ether oxygens (including phenoxy) is 1. The molecule has 0 radical (unpaired) electrons. The lowest BCUT2D eigenvalue weighted by Crippen LogP contribution is -2.43. The van der Waals surface area contributed by atoms with Gasteiger partial charge in [0.05, 0.1) is 6.10 Å². The predicted molar refractivity (Wildman–Crippen MR) is 59.4 cm³/mol. The van der Waals surface area contributed by atoms with Gasteiger partial charge in [0.15, 0.2) is 0 Å². The van der Waals surface area contributed by atoms with Gasteiger partial charge in [-0.1, -0.05) is 0 Å². The zero-order chi connectivity index (χ0) is 11.3. The summed E-state index contributed by atoms with van der Waals surface area (Å²) in [6.45, 7) is 6.41. The van der Waals surface area contributed by atoms with Crippen LogP contribution in [0.2, 0.25) is 0 Å². The Morgan fingerprint density at radius 1 is 1.60 bits per heavy atom.